The van der Waals surface area contributed by atoms with Gasteiger partial charge in [-0.2, -0.15) is 0 Å². The zero-order valence-corrected chi connectivity index (χ0v) is 56.1. The number of nitrogens with one attached hydrogen (secondary N) is 1. The minimum Gasteiger partial charge on any atom is -0.456 e. The van der Waals surface area contributed by atoms with E-state index < -0.39 is 20.0 Å². The fourth-order valence-electron chi connectivity index (χ4n) is 10.5. The van der Waals surface area contributed by atoms with Crippen LogP contribution in [0.2, 0.25) is 0 Å². The van der Waals surface area contributed by atoms with E-state index in [4.69, 9.17) is 13.8 Å². The fourth-order valence-corrected chi connectivity index (χ4v) is 11.2. The molecule has 82 heavy (non-hydrogen) atoms. The van der Waals surface area contributed by atoms with E-state index in [0.29, 0.717) is 23.9 Å². The van der Waals surface area contributed by atoms with Crippen molar-refractivity contribution < 1.29 is 37.3 Å². The predicted molar refractivity (Wildman–Crippen MR) is 355 cm³/mol. The van der Waals surface area contributed by atoms with Gasteiger partial charge in [0.05, 0.1) is 33.8 Å². The van der Waals surface area contributed by atoms with Crippen molar-refractivity contribution in [3.05, 3.63) is 48.6 Å². The van der Waals surface area contributed by atoms with Crippen molar-refractivity contribution >= 4 is 19.7 Å². The summed E-state index contributed by atoms with van der Waals surface area (Å²) in [6, 6.07) is -0.848. The molecule has 1 amide bonds. The molecule has 3 atom stereocenters. The van der Waals surface area contributed by atoms with E-state index in [9.17, 15) is 19.0 Å². The molecule has 0 aromatic carbocycles. The Balaban J connectivity index is 5.04. The highest BCUT2D eigenvalue weighted by molar-refractivity contribution is 7.47. The molecular formula is C72H138N2O7P+. The molecule has 0 heterocycles. The summed E-state index contributed by atoms with van der Waals surface area (Å²) in [6.45, 7) is 7.03. The van der Waals surface area contributed by atoms with Crippen LogP contribution >= 0.6 is 7.82 Å². The van der Waals surface area contributed by atoms with Crippen molar-refractivity contribution in [3.63, 3.8) is 0 Å². The highest BCUT2D eigenvalue weighted by atomic mass is 31.2. The van der Waals surface area contributed by atoms with Gasteiger partial charge >= 0.3 is 13.8 Å². The van der Waals surface area contributed by atoms with E-state index in [-0.39, 0.29) is 25.1 Å². The Hall–Kier alpha value is -2.03. The smallest absolute Gasteiger partial charge is 0.456 e. The molecule has 0 fully saturated rings. The lowest BCUT2D eigenvalue weighted by molar-refractivity contribution is -0.870. The maximum atomic E-state index is 13.6. The molecule has 0 spiro atoms. The minimum absolute atomic E-state index is 0.0413. The summed E-state index contributed by atoms with van der Waals surface area (Å²) in [5, 5.41) is 3.07. The first-order valence-electron chi connectivity index (χ1n) is 35.5. The molecule has 0 saturated heterocycles. The SMILES string of the molecule is CCCCC/C=C\C/C=C\CCCCCCCCCCCCCCCCCC(=O)OC(/C=C\CCCCCCCCCCCC)C(COP(=O)(O)OCC[N+](C)(C)C)NC(=O)CCCCCCCCCCC/C=C/CCCCCCCC. The van der Waals surface area contributed by atoms with Crippen LogP contribution in [0.25, 0.3) is 0 Å². The summed E-state index contributed by atoms with van der Waals surface area (Å²) in [5.74, 6) is -0.492. The maximum absolute atomic E-state index is 13.6. The third-order valence-electron chi connectivity index (χ3n) is 16.0. The third kappa shape index (κ3) is 62.5. The number of phosphoric acid groups is 1. The first-order valence-corrected chi connectivity index (χ1v) is 37.0. The Bertz CT molecular complexity index is 1540. The van der Waals surface area contributed by atoms with Gasteiger partial charge in [0.25, 0.3) is 0 Å². The van der Waals surface area contributed by atoms with Crippen molar-refractivity contribution in [1.29, 1.82) is 0 Å². The van der Waals surface area contributed by atoms with E-state index in [1.807, 2.05) is 33.3 Å². The molecular weight excluding hydrogens is 1040 g/mol. The number of hydrogen-bond acceptors (Lipinski definition) is 6. The average molecular weight is 1170 g/mol. The number of quaternary nitrogens is 1. The lowest BCUT2D eigenvalue weighted by Crippen LogP contribution is -2.47. The molecule has 0 radical (unpaired) electrons. The topological polar surface area (TPSA) is 111 Å². The van der Waals surface area contributed by atoms with Crippen LogP contribution in [0.3, 0.4) is 0 Å². The zero-order chi connectivity index (χ0) is 60.0. The van der Waals surface area contributed by atoms with Crippen LogP contribution in [0.5, 0.6) is 0 Å². The van der Waals surface area contributed by atoms with E-state index >= 15 is 0 Å². The van der Waals surface area contributed by atoms with Crippen LogP contribution in [-0.2, 0) is 27.9 Å². The lowest BCUT2D eigenvalue weighted by Gasteiger charge is -2.27. The van der Waals surface area contributed by atoms with E-state index in [1.165, 1.54) is 250 Å². The number of rotatable bonds is 65. The van der Waals surface area contributed by atoms with Gasteiger partial charge in [-0.25, -0.2) is 4.57 Å². The van der Waals surface area contributed by atoms with Gasteiger partial charge in [0, 0.05) is 12.8 Å². The highest BCUT2D eigenvalue weighted by Gasteiger charge is 2.30. The molecule has 0 aromatic heterocycles. The summed E-state index contributed by atoms with van der Waals surface area (Å²) in [4.78, 5) is 37.9. The molecule has 10 heteroatoms. The van der Waals surface area contributed by atoms with Crippen LogP contribution < -0.4 is 5.32 Å². The van der Waals surface area contributed by atoms with Crippen LogP contribution in [0.1, 0.15) is 348 Å². The number of unbranched alkanes of at least 4 members (excludes halogenated alkanes) is 43. The van der Waals surface area contributed by atoms with E-state index in [1.54, 1.807) is 0 Å². The predicted octanol–water partition coefficient (Wildman–Crippen LogP) is 22.4. The summed E-state index contributed by atoms with van der Waals surface area (Å²) in [6.07, 6.45) is 78.3. The minimum atomic E-state index is -4.45. The first kappa shape index (κ1) is 80.0. The van der Waals surface area contributed by atoms with Crippen molar-refractivity contribution in [2.45, 2.75) is 360 Å². The van der Waals surface area contributed by atoms with Crippen LogP contribution in [0, 0.1) is 0 Å². The van der Waals surface area contributed by atoms with Crippen molar-refractivity contribution in [1.82, 2.24) is 5.32 Å². The quantitative estimate of drug-likeness (QED) is 0.0205. The average Bonchev–Trinajstić information content (AvgIpc) is 3.44. The van der Waals surface area contributed by atoms with Crippen LogP contribution in [0.15, 0.2) is 48.6 Å². The number of nitrogens with zero attached hydrogens (tertiary/aromatic N) is 1. The number of ether oxygens (including phenoxy) is 1. The normalized spacial score (nSPS) is 13.8. The Morgan fingerprint density at radius 1 is 0.427 bits per heavy atom. The second kappa shape index (κ2) is 62.0. The highest BCUT2D eigenvalue weighted by Crippen LogP contribution is 2.43. The number of phosphoric ester groups is 1. The molecule has 0 aromatic rings. The molecule has 0 aliphatic heterocycles. The van der Waals surface area contributed by atoms with Gasteiger partial charge in [-0.05, 0) is 89.5 Å². The Morgan fingerprint density at radius 3 is 1.13 bits per heavy atom. The van der Waals surface area contributed by atoms with Gasteiger partial charge in [-0.15, -0.1) is 0 Å². The Morgan fingerprint density at radius 2 is 0.744 bits per heavy atom. The molecule has 0 aliphatic rings. The standard InChI is InChI=1S/C72H137N2O7P/c1-7-10-13-16-19-22-25-28-30-32-34-35-36-37-38-39-41-43-45-47-50-53-56-59-62-65-72(76)81-70(63-60-57-54-51-48-27-24-21-18-15-12-9-3)69(68-80-82(77,78)79-67-66-74(4,5)6)73-71(75)64-61-58-55-52-49-46-44-42-40-33-31-29-26-23-20-17-14-11-8-2/h19,22,28-31,60,63,69-70H,7-18,20-21,23-27,32-59,61-62,64-68H2,1-6H3,(H-,73,75,77,78)/p+1/b22-19-,30-28-,31-29+,63-60-. The van der Waals surface area contributed by atoms with Crippen molar-refractivity contribution in [3.8, 4) is 0 Å². The first-order chi connectivity index (χ1) is 39.9. The van der Waals surface area contributed by atoms with E-state index in [0.717, 1.165) is 64.2 Å². The van der Waals surface area contributed by atoms with E-state index in [2.05, 4.69) is 62.5 Å². The maximum Gasteiger partial charge on any atom is 0.472 e. The fraction of sp³-hybridized carbons (Fsp3) is 0.861. The number of carbonyl (C=O) groups excluding carboxylic acids is 2. The summed E-state index contributed by atoms with van der Waals surface area (Å²) in [7, 11) is 1.51. The number of hydrogen-bond donors (Lipinski definition) is 2. The summed E-state index contributed by atoms with van der Waals surface area (Å²) < 4.78 is 30.8. The molecule has 482 valence electrons. The summed E-state index contributed by atoms with van der Waals surface area (Å²) >= 11 is 0. The van der Waals surface area contributed by atoms with Gasteiger partial charge in [-0.3, -0.25) is 18.6 Å². The zero-order valence-electron chi connectivity index (χ0n) is 55.2. The largest absolute Gasteiger partial charge is 0.472 e. The molecule has 0 bridgehead atoms. The monoisotopic (exact) mass is 1170 g/mol. The number of esters is 1. The van der Waals surface area contributed by atoms with Gasteiger partial charge in [0.15, 0.2) is 0 Å². The summed E-state index contributed by atoms with van der Waals surface area (Å²) in [5.41, 5.74) is 0. The molecule has 2 N–H and O–H groups in total. The van der Waals surface area contributed by atoms with Gasteiger partial charge in [0.1, 0.15) is 19.3 Å². The van der Waals surface area contributed by atoms with Gasteiger partial charge < -0.3 is 19.4 Å². The molecule has 3 unspecified atom stereocenters. The lowest BCUT2D eigenvalue weighted by atomic mass is 10.0. The number of carbonyl (C=O) groups is 2. The van der Waals surface area contributed by atoms with Gasteiger partial charge in [-0.1, -0.05) is 294 Å². The van der Waals surface area contributed by atoms with Crippen LogP contribution in [-0.4, -0.2) is 74.3 Å². The van der Waals surface area contributed by atoms with Gasteiger partial charge in [0.2, 0.25) is 5.91 Å². The molecule has 9 nitrogen and oxygen atoms in total. The van der Waals surface area contributed by atoms with Crippen LogP contribution in [0.4, 0.5) is 0 Å². The van der Waals surface area contributed by atoms with Crippen molar-refractivity contribution in [2.75, 3.05) is 40.9 Å². The molecule has 0 saturated carbocycles. The third-order valence-corrected chi connectivity index (χ3v) is 17.0. The second-order valence-electron chi connectivity index (χ2n) is 25.4. The molecule has 0 rings (SSSR count). The second-order valence-corrected chi connectivity index (χ2v) is 26.9. The Kier molecular flexibility index (Phi) is 60.5. The number of amides is 1. The number of likely N-dealkylation sites (N-methyl/N-ethyl adjacent to an activating group) is 1. The van der Waals surface area contributed by atoms with Crippen molar-refractivity contribution in [2.24, 2.45) is 0 Å². The number of allylic oxidation sites excluding steroid dienone is 7. The Labute approximate surface area is 509 Å². The molecule has 0 aliphatic carbocycles.